The minimum absolute atomic E-state index is 0.0884. The zero-order valence-electron chi connectivity index (χ0n) is 16.3. The third-order valence-corrected chi connectivity index (χ3v) is 5.24. The van der Waals surface area contributed by atoms with Crippen molar-refractivity contribution in [2.24, 2.45) is 0 Å². The lowest BCUT2D eigenvalue weighted by atomic mass is 9.73. The Morgan fingerprint density at radius 1 is 1.14 bits per heavy atom. The molecule has 2 aromatic rings. The monoisotopic (exact) mass is 400 g/mol. The summed E-state index contributed by atoms with van der Waals surface area (Å²) in [6, 6.07) is 9.19. The number of rotatable bonds is 7. The van der Waals surface area contributed by atoms with E-state index in [0.717, 1.165) is 5.56 Å². The van der Waals surface area contributed by atoms with E-state index in [1.165, 1.54) is 0 Å². The third kappa shape index (κ3) is 4.13. The summed E-state index contributed by atoms with van der Waals surface area (Å²) in [5.74, 6) is 1.76. The van der Waals surface area contributed by atoms with Crippen LogP contribution in [0, 0.1) is 0 Å². The average molecular weight is 400 g/mol. The summed E-state index contributed by atoms with van der Waals surface area (Å²) in [6.07, 6.45) is 2.76. The van der Waals surface area contributed by atoms with Crippen molar-refractivity contribution in [3.05, 3.63) is 42.1 Å². The Labute approximate surface area is 169 Å². The second-order valence-electron chi connectivity index (χ2n) is 6.94. The molecule has 1 saturated heterocycles. The van der Waals surface area contributed by atoms with Crippen molar-refractivity contribution >= 4 is 11.6 Å². The number of pyridine rings is 1. The van der Waals surface area contributed by atoms with Crippen LogP contribution in [0.5, 0.6) is 17.4 Å². The van der Waals surface area contributed by atoms with E-state index in [-0.39, 0.29) is 12.7 Å². The zero-order chi connectivity index (χ0) is 20.1. The van der Waals surface area contributed by atoms with Crippen LogP contribution in [-0.4, -0.2) is 51.2 Å². The van der Waals surface area contributed by atoms with Crippen LogP contribution in [0.1, 0.15) is 18.4 Å². The maximum atomic E-state index is 13.4. The summed E-state index contributed by atoms with van der Waals surface area (Å²) >= 11 is 0. The van der Waals surface area contributed by atoms with Gasteiger partial charge in [-0.25, -0.2) is 4.98 Å². The van der Waals surface area contributed by atoms with Gasteiger partial charge in [-0.3, -0.25) is 4.79 Å². The summed E-state index contributed by atoms with van der Waals surface area (Å²) in [5, 5.41) is 3.00. The number of methoxy groups -OCH3 is 1. The normalized spacial score (nSPS) is 17.0. The second-order valence-corrected chi connectivity index (χ2v) is 6.94. The second kappa shape index (κ2) is 8.67. The zero-order valence-corrected chi connectivity index (χ0v) is 16.3. The quantitative estimate of drug-likeness (QED) is 0.715. The molecule has 0 spiro atoms. The first-order valence-corrected chi connectivity index (χ1v) is 9.58. The number of nitrogens with one attached hydrogen (secondary N) is 1. The molecule has 1 amide bonds. The highest BCUT2D eigenvalue weighted by Crippen LogP contribution is 2.41. The molecule has 0 atom stereocenters. The van der Waals surface area contributed by atoms with Gasteiger partial charge in [0.1, 0.15) is 6.61 Å². The van der Waals surface area contributed by atoms with Crippen molar-refractivity contribution in [1.82, 2.24) is 4.98 Å². The fraction of sp³-hybridized carbons (Fsp3) is 0.429. The number of ether oxygens (including phenoxy) is 5. The highest BCUT2D eigenvalue weighted by Gasteiger charge is 2.42. The summed E-state index contributed by atoms with van der Waals surface area (Å²) in [7, 11) is 1.61. The lowest BCUT2D eigenvalue weighted by Gasteiger charge is -2.36. The van der Waals surface area contributed by atoms with Crippen LogP contribution in [0.3, 0.4) is 0 Å². The lowest BCUT2D eigenvalue weighted by molar-refractivity contribution is -0.125. The summed E-state index contributed by atoms with van der Waals surface area (Å²) in [5.41, 5.74) is 0.808. The molecular formula is C21H24N2O6. The number of hydrogen-bond acceptors (Lipinski definition) is 7. The predicted molar refractivity (Wildman–Crippen MR) is 105 cm³/mol. The van der Waals surface area contributed by atoms with E-state index in [2.05, 4.69) is 10.3 Å². The Bertz CT molecular complexity index is 849. The number of fused-ring (bicyclic) bond motifs is 1. The molecule has 1 aromatic carbocycles. The maximum Gasteiger partial charge on any atom is 0.235 e. The molecule has 3 heterocycles. The molecule has 4 rings (SSSR count). The molecule has 1 aromatic heterocycles. The van der Waals surface area contributed by atoms with Crippen molar-refractivity contribution in [2.75, 3.05) is 45.6 Å². The van der Waals surface area contributed by atoms with Crippen molar-refractivity contribution in [3.63, 3.8) is 0 Å². The predicted octanol–water partition coefficient (Wildman–Crippen LogP) is 2.52. The smallest absolute Gasteiger partial charge is 0.235 e. The number of carbonyl (C=O) groups excluding carboxylic acids is 1. The molecular weight excluding hydrogens is 376 g/mol. The molecule has 2 aliphatic rings. The number of aromatic nitrogens is 1. The maximum absolute atomic E-state index is 13.4. The Balaban J connectivity index is 1.52. The van der Waals surface area contributed by atoms with Crippen LogP contribution >= 0.6 is 0 Å². The van der Waals surface area contributed by atoms with E-state index in [9.17, 15) is 4.79 Å². The standard InChI is InChI=1S/C21H24N2O6/c1-25-10-11-27-19-5-3-16(13-22-19)23-20(24)21(6-8-26-9-7-21)15-2-4-17-18(12-15)29-14-28-17/h2-5,12-13H,6-11,14H2,1H3,(H,23,24). The van der Waals surface area contributed by atoms with Crippen molar-refractivity contribution in [3.8, 4) is 17.4 Å². The molecule has 0 saturated carbocycles. The fourth-order valence-corrected chi connectivity index (χ4v) is 3.58. The van der Waals surface area contributed by atoms with Crippen molar-refractivity contribution < 1.29 is 28.5 Å². The third-order valence-electron chi connectivity index (χ3n) is 5.24. The van der Waals surface area contributed by atoms with E-state index < -0.39 is 5.41 Å². The van der Waals surface area contributed by atoms with Crippen molar-refractivity contribution in [1.29, 1.82) is 0 Å². The van der Waals surface area contributed by atoms with Gasteiger partial charge in [0.2, 0.25) is 18.6 Å². The van der Waals surface area contributed by atoms with E-state index in [1.54, 1.807) is 25.4 Å². The van der Waals surface area contributed by atoms with Crippen LogP contribution in [0.2, 0.25) is 0 Å². The SMILES string of the molecule is COCCOc1ccc(NC(=O)C2(c3ccc4c(c3)OCO4)CCOCC2)cn1. The molecule has 154 valence electrons. The minimum Gasteiger partial charge on any atom is -0.475 e. The van der Waals surface area contributed by atoms with Crippen LogP contribution < -0.4 is 19.5 Å². The Hall–Kier alpha value is -2.84. The van der Waals surface area contributed by atoms with Crippen LogP contribution in [-0.2, 0) is 19.7 Å². The van der Waals surface area contributed by atoms with Crippen LogP contribution in [0.4, 0.5) is 5.69 Å². The first kappa shape index (κ1) is 19.5. The van der Waals surface area contributed by atoms with Gasteiger partial charge < -0.3 is 29.0 Å². The van der Waals surface area contributed by atoms with E-state index >= 15 is 0 Å². The van der Waals surface area contributed by atoms with Gasteiger partial charge in [-0.05, 0) is 36.6 Å². The number of carbonyl (C=O) groups is 1. The number of amides is 1. The first-order chi connectivity index (χ1) is 14.2. The number of anilines is 1. The van der Waals surface area contributed by atoms with Gasteiger partial charge in [-0.1, -0.05) is 6.07 Å². The van der Waals surface area contributed by atoms with Gasteiger partial charge in [0.05, 0.1) is 23.9 Å². The summed E-state index contributed by atoms with van der Waals surface area (Å²) < 4.78 is 26.9. The molecule has 0 aliphatic carbocycles. The van der Waals surface area contributed by atoms with E-state index in [1.807, 2.05) is 18.2 Å². The largest absolute Gasteiger partial charge is 0.475 e. The highest BCUT2D eigenvalue weighted by molar-refractivity contribution is 5.99. The highest BCUT2D eigenvalue weighted by atomic mass is 16.7. The molecule has 0 unspecified atom stereocenters. The Kier molecular flexibility index (Phi) is 5.82. The van der Waals surface area contributed by atoms with Gasteiger partial charge in [0.25, 0.3) is 0 Å². The molecule has 8 nitrogen and oxygen atoms in total. The molecule has 1 fully saturated rings. The topological polar surface area (TPSA) is 88.1 Å². The van der Waals surface area contributed by atoms with Gasteiger partial charge >= 0.3 is 0 Å². The van der Waals surface area contributed by atoms with Gasteiger partial charge in [0, 0.05) is 26.4 Å². The number of nitrogens with zero attached hydrogens (tertiary/aromatic N) is 1. The molecule has 0 bridgehead atoms. The molecule has 1 N–H and O–H groups in total. The Morgan fingerprint density at radius 2 is 1.97 bits per heavy atom. The Morgan fingerprint density at radius 3 is 2.72 bits per heavy atom. The molecule has 2 aliphatic heterocycles. The van der Waals surface area contributed by atoms with Crippen LogP contribution in [0.15, 0.2) is 36.5 Å². The lowest BCUT2D eigenvalue weighted by Crippen LogP contribution is -2.44. The number of benzene rings is 1. The van der Waals surface area contributed by atoms with Crippen molar-refractivity contribution in [2.45, 2.75) is 18.3 Å². The van der Waals surface area contributed by atoms with E-state index in [0.29, 0.717) is 62.3 Å². The molecule has 0 radical (unpaired) electrons. The number of hydrogen-bond donors (Lipinski definition) is 1. The van der Waals surface area contributed by atoms with Gasteiger partial charge in [-0.15, -0.1) is 0 Å². The van der Waals surface area contributed by atoms with Gasteiger partial charge in [0.15, 0.2) is 11.5 Å². The van der Waals surface area contributed by atoms with Gasteiger partial charge in [-0.2, -0.15) is 0 Å². The summed E-state index contributed by atoms with van der Waals surface area (Å²) in [6.45, 7) is 2.15. The van der Waals surface area contributed by atoms with E-state index in [4.69, 9.17) is 23.7 Å². The molecule has 8 heteroatoms. The molecule has 29 heavy (non-hydrogen) atoms. The van der Waals surface area contributed by atoms with Crippen LogP contribution in [0.25, 0.3) is 0 Å². The fourth-order valence-electron chi connectivity index (χ4n) is 3.58. The summed E-state index contributed by atoms with van der Waals surface area (Å²) in [4.78, 5) is 17.6. The first-order valence-electron chi connectivity index (χ1n) is 9.58. The average Bonchev–Trinajstić information content (AvgIpc) is 3.23. The minimum atomic E-state index is -0.702.